The molecule has 2 heterocycles. The molecule has 0 bridgehead atoms. The van der Waals surface area contributed by atoms with Crippen LogP contribution in [0.2, 0.25) is 5.02 Å². The van der Waals surface area contributed by atoms with E-state index in [1.807, 2.05) is 0 Å². The van der Waals surface area contributed by atoms with Crippen LogP contribution >= 0.6 is 22.9 Å². The smallest absolute Gasteiger partial charge is 0.273 e. The zero-order valence-electron chi connectivity index (χ0n) is 15.5. The molecule has 1 aliphatic carbocycles. The van der Waals surface area contributed by atoms with Gasteiger partial charge in [0.1, 0.15) is 6.54 Å². The number of imide groups is 1. The Labute approximate surface area is 177 Å². The van der Waals surface area contributed by atoms with Crippen molar-refractivity contribution in [1.29, 1.82) is 0 Å². The van der Waals surface area contributed by atoms with Gasteiger partial charge < -0.3 is 0 Å². The van der Waals surface area contributed by atoms with Crippen molar-refractivity contribution in [2.75, 3.05) is 6.54 Å². The molecular formula is C21H19ClN2O4S. The van der Waals surface area contributed by atoms with Crippen LogP contribution in [0, 0.1) is 11.8 Å². The molecule has 2 aromatic rings. The Morgan fingerprint density at radius 1 is 1.03 bits per heavy atom. The topological polar surface area (TPSA) is 74.8 Å². The summed E-state index contributed by atoms with van der Waals surface area (Å²) in [7, 11) is 0. The predicted octanol–water partition coefficient (Wildman–Crippen LogP) is 3.82. The zero-order valence-corrected chi connectivity index (χ0v) is 17.1. The molecule has 0 N–H and O–H groups in total. The van der Waals surface area contributed by atoms with E-state index in [9.17, 15) is 19.2 Å². The van der Waals surface area contributed by atoms with Crippen molar-refractivity contribution in [3.63, 3.8) is 0 Å². The summed E-state index contributed by atoms with van der Waals surface area (Å²) in [6, 6.07) is 9.55. The second-order valence-corrected chi connectivity index (χ2v) is 8.64. The van der Waals surface area contributed by atoms with Gasteiger partial charge in [0.15, 0.2) is 5.78 Å². The number of carbonyl (C=O) groups excluding carboxylic acids is 4. The van der Waals surface area contributed by atoms with E-state index in [1.165, 1.54) is 23.5 Å². The van der Waals surface area contributed by atoms with Gasteiger partial charge in [0.2, 0.25) is 0 Å². The number of fused-ring (bicyclic) bond motifs is 1. The predicted molar refractivity (Wildman–Crippen MR) is 108 cm³/mol. The molecule has 3 amide bonds. The van der Waals surface area contributed by atoms with Crippen LogP contribution < -0.4 is 0 Å². The van der Waals surface area contributed by atoms with Crippen molar-refractivity contribution in [1.82, 2.24) is 10.0 Å². The van der Waals surface area contributed by atoms with Crippen LogP contribution in [0.3, 0.4) is 0 Å². The highest BCUT2D eigenvalue weighted by Crippen LogP contribution is 2.39. The maximum absolute atomic E-state index is 13.2. The normalized spacial score (nSPS) is 21.2. The van der Waals surface area contributed by atoms with E-state index in [0.29, 0.717) is 22.7 Å². The van der Waals surface area contributed by atoms with Crippen LogP contribution in [-0.2, 0) is 9.59 Å². The average Bonchev–Trinajstić information content (AvgIpc) is 3.35. The number of halogens is 1. The number of Topliss-reactive ketones (excluding diaryl/α,β-unsaturated/α-hetero) is 1. The van der Waals surface area contributed by atoms with Gasteiger partial charge >= 0.3 is 0 Å². The highest BCUT2D eigenvalue weighted by atomic mass is 35.5. The SMILES string of the molecule is O=C(CN(C(=O)c1ccc(Cl)cc1)N1C(=O)[C@H]2CCCC[C@@H]2C1=O)c1cccs1. The van der Waals surface area contributed by atoms with Gasteiger partial charge in [-0.1, -0.05) is 30.5 Å². The summed E-state index contributed by atoms with van der Waals surface area (Å²) in [5, 5.41) is 4.15. The molecule has 2 aliphatic rings. The van der Waals surface area contributed by atoms with Gasteiger partial charge in [0.25, 0.3) is 17.7 Å². The van der Waals surface area contributed by atoms with Gasteiger partial charge in [-0.25, -0.2) is 5.01 Å². The lowest BCUT2D eigenvalue weighted by molar-refractivity contribution is -0.154. The number of hydrazine groups is 1. The molecule has 8 heteroatoms. The molecule has 0 radical (unpaired) electrons. The lowest BCUT2D eigenvalue weighted by Crippen LogP contribution is -2.52. The lowest BCUT2D eigenvalue weighted by atomic mass is 9.81. The fourth-order valence-corrected chi connectivity index (χ4v) is 4.79. The van der Waals surface area contributed by atoms with Crippen LogP contribution in [0.25, 0.3) is 0 Å². The average molecular weight is 431 g/mol. The minimum absolute atomic E-state index is 0.254. The third kappa shape index (κ3) is 3.72. The summed E-state index contributed by atoms with van der Waals surface area (Å²) in [4.78, 5) is 52.5. The lowest BCUT2D eigenvalue weighted by Gasteiger charge is -2.30. The van der Waals surface area contributed by atoms with E-state index in [-0.39, 0.29) is 29.7 Å². The van der Waals surface area contributed by atoms with Crippen LogP contribution in [0.15, 0.2) is 41.8 Å². The zero-order chi connectivity index (χ0) is 20.5. The first kappa shape index (κ1) is 19.8. The molecule has 1 aliphatic heterocycles. The second kappa shape index (κ2) is 8.08. The molecule has 29 heavy (non-hydrogen) atoms. The number of ketones is 1. The standard InChI is InChI=1S/C21H19ClN2O4S/c22-14-9-7-13(8-10-14)19(26)23(12-17(25)18-6-3-11-29-18)24-20(27)15-4-1-2-5-16(15)21(24)28/h3,6-11,15-16H,1-2,4-5,12H2/t15-,16-/m0/s1. The number of amides is 3. The van der Waals surface area contributed by atoms with Gasteiger partial charge in [0, 0.05) is 10.6 Å². The fraction of sp³-hybridized carbons (Fsp3) is 0.333. The van der Waals surface area contributed by atoms with E-state index >= 15 is 0 Å². The molecule has 2 fully saturated rings. The summed E-state index contributed by atoms with van der Waals surface area (Å²) in [5.41, 5.74) is 0.254. The number of carbonyl (C=O) groups is 4. The van der Waals surface area contributed by atoms with E-state index in [0.717, 1.165) is 22.9 Å². The Morgan fingerprint density at radius 2 is 1.66 bits per heavy atom. The molecule has 0 spiro atoms. The van der Waals surface area contributed by atoms with Crippen molar-refractivity contribution in [3.05, 3.63) is 57.2 Å². The number of hydrogen-bond donors (Lipinski definition) is 0. The van der Waals surface area contributed by atoms with Crippen LogP contribution in [0.4, 0.5) is 0 Å². The van der Waals surface area contributed by atoms with E-state index in [1.54, 1.807) is 29.6 Å². The molecule has 150 valence electrons. The quantitative estimate of drug-likeness (QED) is 0.534. The molecule has 0 unspecified atom stereocenters. The van der Waals surface area contributed by atoms with Crippen LogP contribution in [0.1, 0.15) is 45.7 Å². The van der Waals surface area contributed by atoms with Gasteiger partial charge in [-0.05, 0) is 48.6 Å². The molecule has 1 saturated heterocycles. The number of thiophene rings is 1. The van der Waals surface area contributed by atoms with Crippen LogP contribution in [0.5, 0.6) is 0 Å². The summed E-state index contributed by atoms with van der Waals surface area (Å²) < 4.78 is 0. The molecular weight excluding hydrogens is 412 g/mol. The Balaban J connectivity index is 1.68. The summed E-state index contributed by atoms with van der Waals surface area (Å²) >= 11 is 7.16. The largest absolute Gasteiger partial charge is 0.291 e. The molecule has 1 saturated carbocycles. The Kier molecular flexibility index (Phi) is 5.52. The number of benzene rings is 1. The molecule has 1 aromatic heterocycles. The maximum Gasteiger partial charge on any atom is 0.273 e. The Hall–Kier alpha value is -2.51. The van der Waals surface area contributed by atoms with Gasteiger partial charge in [-0.2, -0.15) is 5.01 Å². The molecule has 1 aromatic carbocycles. The van der Waals surface area contributed by atoms with Crippen molar-refractivity contribution < 1.29 is 19.2 Å². The number of rotatable bonds is 5. The van der Waals surface area contributed by atoms with Crippen molar-refractivity contribution in [3.8, 4) is 0 Å². The molecule has 6 nitrogen and oxygen atoms in total. The minimum Gasteiger partial charge on any atom is -0.291 e. The van der Waals surface area contributed by atoms with Crippen molar-refractivity contribution >= 4 is 46.4 Å². The first-order valence-corrected chi connectivity index (χ1v) is 10.7. The Morgan fingerprint density at radius 3 is 2.21 bits per heavy atom. The highest BCUT2D eigenvalue weighted by molar-refractivity contribution is 7.12. The summed E-state index contributed by atoms with van der Waals surface area (Å²) in [6.07, 6.45) is 3.03. The third-order valence-electron chi connectivity index (χ3n) is 5.47. The first-order chi connectivity index (χ1) is 14.0. The Bertz CT molecular complexity index is 934. The highest BCUT2D eigenvalue weighted by Gasteiger charge is 2.51. The first-order valence-electron chi connectivity index (χ1n) is 9.49. The molecule has 4 rings (SSSR count). The summed E-state index contributed by atoms with van der Waals surface area (Å²) in [5.74, 6) is -2.49. The molecule has 2 atom stereocenters. The van der Waals surface area contributed by atoms with Gasteiger partial charge in [-0.3, -0.25) is 19.2 Å². The van der Waals surface area contributed by atoms with Crippen molar-refractivity contribution in [2.24, 2.45) is 11.8 Å². The van der Waals surface area contributed by atoms with Gasteiger partial charge in [0.05, 0.1) is 16.7 Å². The fourth-order valence-electron chi connectivity index (χ4n) is 4.01. The number of nitrogens with zero attached hydrogens (tertiary/aromatic N) is 2. The third-order valence-corrected chi connectivity index (χ3v) is 6.64. The van der Waals surface area contributed by atoms with Crippen molar-refractivity contribution in [2.45, 2.75) is 25.7 Å². The monoisotopic (exact) mass is 430 g/mol. The van der Waals surface area contributed by atoms with E-state index in [4.69, 9.17) is 11.6 Å². The maximum atomic E-state index is 13.2. The summed E-state index contributed by atoms with van der Waals surface area (Å²) in [6.45, 7) is -0.376. The minimum atomic E-state index is -0.577. The number of hydrogen-bond acceptors (Lipinski definition) is 5. The second-order valence-electron chi connectivity index (χ2n) is 7.26. The van der Waals surface area contributed by atoms with E-state index < -0.39 is 17.7 Å². The van der Waals surface area contributed by atoms with Crippen LogP contribution in [-0.4, -0.2) is 40.1 Å². The van der Waals surface area contributed by atoms with Gasteiger partial charge in [-0.15, -0.1) is 11.3 Å². The van der Waals surface area contributed by atoms with E-state index in [2.05, 4.69) is 0 Å².